The van der Waals surface area contributed by atoms with E-state index in [9.17, 15) is 76.6 Å². The van der Waals surface area contributed by atoms with Gasteiger partial charge in [-0.15, -0.1) is 0 Å². The molecule has 4 aliphatic carbocycles. The number of hydrogen-bond acceptors (Lipinski definition) is 23. The Balaban J connectivity index is 1.01. The number of fused-ring (bicyclic) bond motifs is 5. The van der Waals surface area contributed by atoms with Crippen LogP contribution in [0.15, 0.2) is 11.6 Å². The Bertz CT molecular complexity index is 1990. The lowest BCUT2D eigenvalue weighted by Gasteiger charge is -2.71. The molecule has 0 aromatic rings. The minimum Gasteiger partial charge on any atom is -0.394 e. The van der Waals surface area contributed by atoms with Gasteiger partial charge >= 0.3 is 0 Å². The molecule has 4 aliphatic heterocycles. The van der Waals surface area contributed by atoms with Gasteiger partial charge in [-0.2, -0.15) is 0 Å². The van der Waals surface area contributed by atoms with Gasteiger partial charge in [0.15, 0.2) is 25.2 Å². The number of hydrogen-bond donors (Lipinski definition) is 15. The van der Waals surface area contributed by atoms with Crippen molar-refractivity contribution in [2.75, 3.05) is 26.4 Å². The van der Waals surface area contributed by atoms with E-state index in [1.54, 1.807) is 0 Å². The molecule has 446 valence electrons. The highest BCUT2D eigenvalue weighted by Gasteiger charge is 2.72. The summed E-state index contributed by atoms with van der Waals surface area (Å²) in [5.41, 5.74) is -1.59. The molecular formula is C54H92O23. The van der Waals surface area contributed by atoms with Crippen LogP contribution in [0.3, 0.4) is 0 Å². The first-order valence-corrected chi connectivity index (χ1v) is 27.9. The van der Waals surface area contributed by atoms with Crippen LogP contribution in [0.25, 0.3) is 0 Å². The molecule has 4 heterocycles. The molecule has 15 N–H and O–H groups in total. The number of allylic oxidation sites excluding steroid dienone is 2. The average Bonchev–Trinajstić information content (AvgIpc) is 3.96. The summed E-state index contributed by atoms with van der Waals surface area (Å²) in [4.78, 5) is 0. The zero-order valence-electron chi connectivity index (χ0n) is 45.8. The molecule has 0 bridgehead atoms. The summed E-state index contributed by atoms with van der Waals surface area (Å²) in [5.74, 6) is -0.475. The molecule has 23 nitrogen and oxygen atoms in total. The van der Waals surface area contributed by atoms with E-state index in [1.807, 2.05) is 20.8 Å². The Hall–Kier alpha value is -1.18. The Kier molecular flexibility index (Phi) is 18.9. The first-order valence-electron chi connectivity index (χ1n) is 27.9. The normalized spacial score (nSPS) is 52.7. The summed E-state index contributed by atoms with van der Waals surface area (Å²) in [7, 11) is 0. The summed E-state index contributed by atoms with van der Waals surface area (Å²) in [6.07, 6.45) is -25.2. The van der Waals surface area contributed by atoms with E-state index in [1.165, 1.54) is 0 Å². The van der Waals surface area contributed by atoms with Gasteiger partial charge in [0.25, 0.3) is 0 Å². The van der Waals surface area contributed by atoms with E-state index in [0.717, 1.165) is 24.8 Å². The van der Waals surface area contributed by atoms with Crippen molar-refractivity contribution in [1.29, 1.82) is 0 Å². The summed E-state index contributed by atoms with van der Waals surface area (Å²) >= 11 is 0. The van der Waals surface area contributed by atoms with E-state index in [4.69, 9.17) is 37.9 Å². The summed E-state index contributed by atoms with van der Waals surface area (Å²) in [6, 6.07) is 0. The Morgan fingerprint density at radius 2 is 1.05 bits per heavy atom. The third kappa shape index (κ3) is 10.9. The Labute approximate surface area is 450 Å². The molecule has 8 aliphatic rings. The zero-order valence-corrected chi connectivity index (χ0v) is 45.8. The molecule has 0 aromatic carbocycles. The Morgan fingerprint density at radius 3 is 1.64 bits per heavy atom. The fourth-order valence-electron chi connectivity index (χ4n) is 16.3. The highest BCUT2D eigenvalue weighted by molar-refractivity contribution is 5.20. The molecule has 0 radical (unpaired) electrons. The predicted molar refractivity (Wildman–Crippen MR) is 266 cm³/mol. The first kappa shape index (κ1) is 61.9. The molecule has 23 heteroatoms. The van der Waals surface area contributed by atoms with Gasteiger partial charge in [0.1, 0.15) is 97.7 Å². The second-order valence-electron chi connectivity index (χ2n) is 25.7. The lowest BCUT2D eigenvalue weighted by molar-refractivity contribution is -0.378. The molecule has 4 unspecified atom stereocenters. The van der Waals surface area contributed by atoms with Crippen LogP contribution in [0.4, 0.5) is 0 Å². The molecule has 0 spiro atoms. The van der Waals surface area contributed by atoms with Crippen LogP contribution >= 0.6 is 0 Å². The molecule has 0 aromatic heterocycles. The summed E-state index contributed by atoms with van der Waals surface area (Å²) < 4.78 is 48.9. The van der Waals surface area contributed by atoms with Gasteiger partial charge in [-0.3, -0.25) is 0 Å². The minimum absolute atomic E-state index is 0.0374. The minimum atomic E-state index is -1.82. The van der Waals surface area contributed by atoms with Crippen LogP contribution in [0.5, 0.6) is 0 Å². The van der Waals surface area contributed by atoms with Crippen molar-refractivity contribution in [2.45, 2.75) is 254 Å². The SMILES string of the molecule is CC(C)=CCCC(C)(O[C@@H]1O[C@H](CO[C@@H]2O[C@H](CO)[C@@H](O)[C@H](O)[C@H]2O)[C@@H](O)[C@H](O)[C@H]1O)C1CC[C@]2(C)C1[C@H](O)CC1[C@@]3(C)CC[C@H](O[C@@H]4O[C@H](CO)[C@@H](O)[C@H](O)[C@H]4O[C@@H]4O[C@H](CO)[C@@H](O)[C@H](O)[C@H]4O)C(C)(C)[C@@H]3CC[C@]12C. The molecule has 4 saturated heterocycles. The van der Waals surface area contributed by atoms with Crippen molar-refractivity contribution in [1.82, 2.24) is 0 Å². The second kappa shape index (κ2) is 23.5. The van der Waals surface area contributed by atoms with E-state index >= 15 is 0 Å². The number of ether oxygens (including phenoxy) is 8. The van der Waals surface area contributed by atoms with Gasteiger partial charge in [0.2, 0.25) is 0 Å². The molecule has 0 amide bonds. The van der Waals surface area contributed by atoms with Gasteiger partial charge in [-0.1, -0.05) is 46.3 Å². The van der Waals surface area contributed by atoms with E-state index in [0.29, 0.717) is 38.5 Å². The van der Waals surface area contributed by atoms with Crippen LogP contribution < -0.4 is 0 Å². The fourth-order valence-corrected chi connectivity index (χ4v) is 16.3. The van der Waals surface area contributed by atoms with Crippen molar-refractivity contribution in [2.24, 2.45) is 45.3 Å². The standard InChI is InChI=1S/C54H92O23/c1-23(2)10-9-14-54(8,77-48-44(69)40(65)37(62)29(74-48)22-70-46-42(67)38(63)34(59)26(19-55)71-46)24-11-16-53(7)33(24)25(58)18-31-51(5)15-13-32(50(3,4)30(51)12-17-52(31,53)6)75-49-45(41(66)36(61)28(21-57)73-49)76-47-43(68)39(64)35(60)27(20-56)72-47/h10,24-49,55-69H,9,11-22H2,1-8H3/t24?,25-,26-,27-,28-,29-,30+,31?,32+,33?,34-,35-,36-,37-,38+,39+,40+,41+,42-,43-,44-,45-,46-,47+,48+,49+,51+,52-,53-,54?/m1/s1. The van der Waals surface area contributed by atoms with Crippen molar-refractivity contribution < 1.29 is 114 Å². The lowest BCUT2D eigenvalue weighted by atomic mass is 9.35. The predicted octanol–water partition coefficient (Wildman–Crippen LogP) is -2.20. The third-order valence-electron chi connectivity index (χ3n) is 20.9. The molecular weight excluding hydrogens is 1020 g/mol. The van der Waals surface area contributed by atoms with Gasteiger partial charge in [0.05, 0.1) is 44.2 Å². The highest BCUT2D eigenvalue weighted by atomic mass is 16.8. The fraction of sp³-hybridized carbons (Fsp3) is 0.963. The van der Waals surface area contributed by atoms with Crippen LogP contribution in [0.2, 0.25) is 0 Å². The lowest BCUT2D eigenvalue weighted by Crippen LogP contribution is -2.68. The first-order chi connectivity index (χ1) is 36.0. The molecule has 30 atom stereocenters. The number of rotatable bonds is 16. The van der Waals surface area contributed by atoms with Gasteiger partial charge in [-0.25, -0.2) is 0 Å². The average molecular weight is 1110 g/mol. The quantitative estimate of drug-likeness (QED) is 0.0576. The largest absolute Gasteiger partial charge is 0.394 e. The van der Waals surface area contributed by atoms with E-state index < -0.39 is 178 Å². The molecule has 77 heavy (non-hydrogen) atoms. The van der Waals surface area contributed by atoms with Crippen molar-refractivity contribution >= 4 is 0 Å². The maximum atomic E-state index is 12.8. The molecule has 8 rings (SSSR count). The number of aliphatic hydroxyl groups excluding tert-OH is 15. The molecule has 8 fully saturated rings. The maximum absolute atomic E-state index is 12.8. The summed E-state index contributed by atoms with van der Waals surface area (Å²) in [5, 5.41) is 162. The van der Waals surface area contributed by atoms with Crippen LogP contribution in [0, 0.1) is 45.3 Å². The third-order valence-corrected chi connectivity index (χ3v) is 20.9. The number of aliphatic hydroxyl groups is 15. The zero-order chi connectivity index (χ0) is 56.6. The van der Waals surface area contributed by atoms with Gasteiger partial charge in [0, 0.05) is 0 Å². The summed E-state index contributed by atoms with van der Waals surface area (Å²) in [6.45, 7) is 14.6. The topological polar surface area (TPSA) is 377 Å². The Morgan fingerprint density at radius 1 is 0.545 bits per heavy atom. The van der Waals surface area contributed by atoms with Gasteiger partial charge in [-0.05, 0) is 124 Å². The van der Waals surface area contributed by atoms with Crippen LogP contribution in [-0.4, -0.2) is 244 Å². The van der Waals surface area contributed by atoms with Crippen LogP contribution in [0.1, 0.15) is 113 Å². The van der Waals surface area contributed by atoms with E-state index in [-0.39, 0.29) is 34.5 Å². The van der Waals surface area contributed by atoms with Crippen molar-refractivity contribution in [3.63, 3.8) is 0 Å². The second-order valence-corrected chi connectivity index (χ2v) is 25.7. The van der Waals surface area contributed by atoms with Crippen LogP contribution in [-0.2, 0) is 37.9 Å². The highest BCUT2D eigenvalue weighted by Crippen LogP contribution is 2.76. The smallest absolute Gasteiger partial charge is 0.187 e. The van der Waals surface area contributed by atoms with Crippen molar-refractivity contribution in [3.8, 4) is 0 Å². The molecule has 4 saturated carbocycles. The van der Waals surface area contributed by atoms with E-state index in [2.05, 4.69) is 40.7 Å². The van der Waals surface area contributed by atoms with Crippen molar-refractivity contribution in [3.05, 3.63) is 11.6 Å². The monoisotopic (exact) mass is 1110 g/mol. The maximum Gasteiger partial charge on any atom is 0.187 e. The van der Waals surface area contributed by atoms with Gasteiger partial charge < -0.3 is 114 Å².